The van der Waals surface area contributed by atoms with E-state index in [1.165, 1.54) is 0 Å². The molecule has 0 radical (unpaired) electrons. The number of nitrogens with one attached hydrogen (secondary N) is 2. The van der Waals surface area contributed by atoms with E-state index in [1.807, 2.05) is 39.8 Å². The molecule has 116 valence electrons. The maximum Gasteiger partial charge on any atom is 0.251 e. The molecule has 2 N–H and O–H groups in total. The first-order valence-electron chi connectivity index (χ1n) is 7.04. The monoisotopic (exact) mass is 291 g/mol. The topological polar surface area (TPSA) is 61.4 Å². The van der Waals surface area contributed by atoms with Crippen molar-refractivity contribution in [2.24, 2.45) is 0 Å². The number of hydrogen-bond donors (Lipinski definition) is 2. The number of hydrogen-bond acceptors (Lipinski definition) is 3. The smallest absolute Gasteiger partial charge is 0.251 e. The maximum atomic E-state index is 12.1. The molecule has 0 atom stereocenters. The largest absolute Gasteiger partial charge is 0.351 e. The van der Waals surface area contributed by atoms with Crippen molar-refractivity contribution in [1.29, 1.82) is 0 Å². The van der Waals surface area contributed by atoms with E-state index in [2.05, 4.69) is 10.6 Å². The molecule has 0 unspecified atom stereocenters. The van der Waals surface area contributed by atoms with Crippen LogP contribution >= 0.6 is 0 Å². The first-order chi connectivity index (χ1) is 9.69. The fourth-order valence-electron chi connectivity index (χ4n) is 1.71. The summed E-state index contributed by atoms with van der Waals surface area (Å²) in [5, 5.41) is 5.71. The minimum atomic E-state index is -0.305. The fourth-order valence-corrected chi connectivity index (χ4v) is 1.71. The lowest BCUT2D eigenvalue weighted by molar-refractivity contribution is 0.0919. The van der Waals surface area contributed by atoms with Crippen LogP contribution in [0.25, 0.3) is 0 Å². The van der Waals surface area contributed by atoms with Crippen molar-refractivity contribution in [3.05, 3.63) is 35.4 Å². The van der Waals surface area contributed by atoms with Crippen molar-refractivity contribution in [2.75, 3.05) is 27.2 Å². The summed E-state index contributed by atoms with van der Waals surface area (Å²) in [4.78, 5) is 26.1. The van der Waals surface area contributed by atoms with Gasteiger partial charge in [-0.2, -0.15) is 0 Å². The second-order valence-corrected chi connectivity index (χ2v) is 6.34. The minimum Gasteiger partial charge on any atom is -0.351 e. The second-order valence-electron chi connectivity index (χ2n) is 6.34. The van der Waals surface area contributed by atoms with E-state index in [4.69, 9.17) is 0 Å². The highest BCUT2D eigenvalue weighted by molar-refractivity contribution is 5.99. The molecule has 1 aromatic carbocycles. The van der Waals surface area contributed by atoms with E-state index < -0.39 is 0 Å². The Balaban J connectivity index is 2.71. The summed E-state index contributed by atoms with van der Waals surface area (Å²) in [5.41, 5.74) is 0.682. The Kier molecular flexibility index (Phi) is 5.90. The molecule has 1 rings (SSSR count). The summed E-state index contributed by atoms with van der Waals surface area (Å²) in [7, 11) is 3.90. The molecule has 0 bridgehead atoms. The predicted molar refractivity (Wildman–Crippen MR) is 84.5 cm³/mol. The van der Waals surface area contributed by atoms with Crippen LogP contribution in [-0.4, -0.2) is 49.4 Å². The van der Waals surface area contributed by atoms with Crippen molar-refractivity contribution in [3.63, 3.8) is 0 Å². The molecule has 1 aromatic rings. The third-order valence-corrected chi connectivity index (χ3v) is 2.72. The molecule has 0 saturated heterocycles. The average Bonchev–Trinajstić information content (AvgIpc) is 2.36. The van der Waals surface area contributed by atoms with E-state index in [0.717, 1.165) is 6.54 Å². The fraction of sp³-hybridized carbons (Fsp3) is 0.500. The number of carbonyl (C=O) groups excluding carboxylic acids is 2. The third kappa shape index (κ3) is 6.40. The molecule has 21 heavy (non-hydrogen) atoms. The number of benzene rings is 1. The molecule has 2 amide bonds. The van der Waals surface area contributed by atoms with Gasteiger partial charge >= 0.3 is 0 Å². The number of rotatable bonds is 5. The predicted octanol–water partition coefficient (Wildman–Crippen LogP) is 1.51. The van der Waals surface area contributed by atoms with Gasteiger partial charge < -0.3 is 15.5 Å². The van der Waals surface area contributed by atoms with Crippen LogP contribution in [0.5, 0.6) is 0 Å². The Morgan fingerprint density at radius 3 is 2.19 bits per heavy atom. The van der Waals surface area contributed by atoms with Gasteiger partial charge in [-0.25, -0.2) is 0 Å². The number of likely N-dealkylation sites (N-methyl/N-ethyl adjacent to an activating group) is 1. The molecule has 0 aromatic heterocycles. The van der Waals surface area contributed by atoms with Crippen molar-refractivity contribution in [2.45, 2.75) is 26.3 Å². The number of carbonyl (C=O) groups is 2. The van der Waals surface area contributed by atoms with Gasteiger partial charge in [-0.1, -0.05) is 6.07 Å². The number of nitrogens with zero attached hydrogens (tertiary/aromatic N) is 1. The molecule has 0 aliphatic heterocycles. The summed E-state index contributed by atoms with van der Waals surface area (Å²) < 4.78 is 0. The van der Waals surface area contributed by atoms with Crippen LogP contribution in [0.1, 0.15) is 41.5 Å². The highest BCUT2D eigenvalue weighted by atomic mass is 16.2. The van der Waals surface area contributed by atoms with Crippen molar-refractivity contribution >= 4 is 11.8 Å². The van der Waals surface area contributed by atoms with Gasteiger partial charge in [-0.15, -0.1) is 0 Å². The van der Waals surface area contributed by atoms with E-state index >= 15 is 0 Å². The van der Waals surface area contributed by atoms with Gasteiger partial charge in [0.2, 0.25) is 0 Å². The Morgan fingerprint density at radius 2 is 1.67 bits per heavy atom. The highest BCUT2D eigenvalue weighted by Crippen LogP contribution is 2.08. The maximum absolute atomic E-state index is 12.1. The normalized spacial score (nSPS) is 11.3. The van der Waals surface area contributed by atoms with Crippen LogP contribution in [0.4, 0.5) is 0 Å². The molecular formula is C16H25N3O2. The second kappa shape index (κ2) is 7.22. The Hall–Kier alpha value is -1.88. The van der Waals surface area contributed by atoms with Gasteiger partial charge in [0.05, 0.1) is 0 Å². The first-order valence-corrected chi connectivity index (χ1v) is 7.04. The lowest BCUT2D eigenvalue weighted by Gasteiger charge is -2.20. The number of amides is 2. The van der Waals surface area contributed by atoms with Crippen LogP contribution in [0, 0.1) is 0 Å². The van der Waals surface area contributed by atoms with Crippen LogP contribution in [0.2, 0.25) is 0 Å². The molecule has 0 fully saturated rings. The zero-order valence-corrected chi connectivity index (χ0v) is 13.5. The van der Waals surface area contributed by atoms with E-state index in [9.17, 15) is 9.59 Å². The third-order valence-electron chi connectivity index (χ3n) is 2.72. The molecular weight excluding hydrogens is 266 g/mol. The zero-order chi connectivity index (χ0) is 16.0. The summed E-state index contributed by atoms with van der Waals surface area (Å²) in [6, 6.07) is 6.75. The molecule has 5 nitrogen and oxygen atoms in total. The Labute approximate surface area is 126 Å². The van der Waals surface area contributed by atoms with Crippen LogP contribution in [-0.2, 0) is 0 Å². The molecule has 0 heterocycles. The van der Waals surface area contributed by atoms with Gasteiger partial charge in [0.25, 0.3) is 11.8 Å². The molecule has 5 heteroatoms. The van der Waals surface area contributed by atoms with Gasteiger partial charge in [0.1, 0.15) is 0 Å². The molecule has 0 aliphatic rings. The van der Waals surface area contributed by atoms with Crippen LogP contribution < -0.4 is 10.6 Å². The van der Waals surface area contributed by atoms with Gasteiger partial charge in [0, 0.05) is 29.8 Å². The Bertz CT molecular complexity index is 504. The van der Waals surface area contributed by atoms with Gasteiger partial charge in [0.15, 0.2) is 0 Å². The summed E-state index contributed by atoms with van der Waals surface area (Å²) in [6.45, 7) is 7.11. The van der Waals surface area contributed by atoms with Crippen LogP contribution in [0.3, 0.4) is 0 Å². The first kappa shape index (κ1) is 17.2. The van der Waals surface area contributed by atoms with E-state index in [1.54, 1.807) is 24.3 Å². The standard InChI is InChI=1S/C16H25N3O2/c1-16(2,3)18-15(21)13-8-6-7-12(11-13)14(20)17-9-10-19(4)5/h6-8,11H,9-10H2,1-5H3,(H,17,20)(H,18,21). The lowest BCUT2D eigenvalue weighted by atomic mass is 10.1. The average molecular weight is 291 g/mol. The quantitative estimate of drug-likeness (QED) is 0.864. The lowest BCUT2D eigenvalue weighted by Crippen LogP contribution is -2.40. The molecule has 0 aliphatic carbocycles. The van der Waals surface area contributed by atoms with Crippen LogP contribution in [0.15, 0.2) is 24.3 Å². The Morgan fingerprint density at radius 1 is 1.10 bits per heavy atom. The van der Waals surface area contributed by atoms with E-state index in [-0.39, 0.29) is 17.4 Å². The molecule has 0 saturated carbocycles. The van der Waals surface area contributed by atoms with E-state index in [0.29, 0.717) is 17.7 Å². The van der Waals surface area contributed by atoms with Crippen molar-refractivity contribution < 1.29 is 9.59 Å². The molecule has 0 spiro atoms. The summed E-state index contributed by atoms with van der Waals surface area (Å²) >= 11 is 0. The highest BCUT2D eigenvalue weighted by Gasteiger charge is 2.16. The summed E-state index contributed by atoms with van der Waals surface area (Å²) in [5.74, 6) is -0.340. The van der Waals surface area contributed by atoms with Crippen molar-refractivity contribution in [3.8, 4) is 0 Å². The van der Waals surface area contributed by atoms with Gasteiger partial charge in [-0.3, -0.25) is 9.59 Å². The van der Waals surface area contributed by atoms with Gasteiger partial charge in [-0.05, 0) is 53.1 Å². The minimum absolute atomic E-state index is 0.165. The zero-order valence-electron chi connectivity index (χ0n) is 13.5. The summed E-state index contributed by atoms with van der Waals surface area (Å²) in [6.07, 6.45) is 0. The van der Waals surface area contributed by atoms with Crippen molar-refractivity contribution in [1.82, 2.24) is 15.5 Å². The SMILES string of the molecule is CN(C)CCNC(=O)c1cccc(C(=O)NC(C)(C)C)c1.